The number of sulfonamides is 1. The van der Waals surface area contributed by atoms with Crippen molar-refractivity contribution in [3.63, 3.8) is 0 Å². The Hall–Kier alpha value is -0.910. The van der Waals surface area contributed by atoms with Crippen molar-refractivity contribution in [2.75, 3.05) is 13.6 Å². The Balaban J connectivity index is 2.88. The van der Waals surface area contributed by atoms with Crippen LogP contribution in [0.1, 0.15) is 38.3 Å². The van der Waals surface area contributed by atoms with Crippen molar-refractivity contribution in [1.82, 2.24) is 10.0 Å². The van der Waals surface area contributed by atoms with Gasteiger partial charge in [-0.2, -0.15) is 0 Å². The molecule has 102 valence electrons. The fourth-order valence-corrected chi connectivity index (χ4v) is 2.71. The lowest BCUT2D eigenvalue weighted by atomic mass is 10.1. The Morgan fingerprint density at radius 3 is 2.67 bits per heavy atom. The van der Waals surface area contributed by atoms with Gasteiger partial charge >= 0.3 is 0 Å². The first kappa shape index (κ1) is 15.1. The van der Waals surface area contributed by atoms with Crippen LogP contribution in [0.25, 0.3) is 0 Å². The minimum absolute atomic E-state index is 0.135. The molecule has 0 spiro atoms. The van der Waals surface area contributed by atoms with Gasteiger partial charge in [0.1, 0.15) is 0 Å². The van der Waals surface area contributed by atoms with Gasteiger partial charge in [-0.15, -0.1) is 0 Å². The number of hydrogen-bond acceptors (Lipinski definition) is 3. The topological polar surface area (TPSA) is 58.2 Å². The summed E-state index contributed by atoms with van der Waals surface area (Å²) < 4.78 is 26.7. The van der Waals surface area contributed by atoms with E-state index >= 15 is 0 Å². The smallest absolute Gasteiger partial charge is 0.240 e. The fourth-order valence-electron chi connectivity index (χ4n) is 1.58. The van der Waals surface area contributed by atoms with Crippen molar-refractivity contribution in [1.29, 1.82) is 0 Å². The van der Waals surface area contributed by atoms with Gasteiger partial charge in [-0.3, -0.25) is 0 Å². The summed E-state index contributed by atoms with van der Waals surface area (Å²) in [6, 6.07) is 7.18. The number of nitrogens with one attached hydrogen (secondary N) is 2. The number of benzene rings is 1. The van der Waals surface area contributed by atoms with Gasteiger partial charge in [0.2, 0.25) is 10.0 Å². The molecule has 0 fully saturated rings. The summed E-state index contributed by atoms with van der Waals surface area (Å²) in [5.41, 5.74) is 0.968. The lowest BCUT2D eigenvalue weighted by Crippen LogP contribution is -2.25. The van der Waals surface area contributed by atoms with E-state index in [-0.39, 0.29) is 6.04 Å². The maximum atomic E-state index is 12.0. The number of hydrogen-bond donors (Lipinski definition) is 2. The van der Waals surface area contributed by atoms with E-state index in [2.05, 4.69) is 10.0 Å². The van der Waals surface area contributed by atoms with Crippen LogP contribution in [-0.2, 0) is 10.0 Å². The van der Waals surface area contributed by atoms with Crippen LogP contribution >= 0.6 is 0 Å². The van der Waals surface area contributed by atoms with Gasteiger partial charge in [0.15, 0.2) is 0 Å². The van der Waals surface area contributed by atoms with E-state index in [1.54, 1.807) is 18.2 Å². The zero-order valence-electron chi connectivity index (χ0n) is 11.2. The van der Waals surface area contributed by atoms with E-state index in [4.69, 9.17) is 0 Å². The molecule has 0 aliphatic rings. The summed E-state index contributed by atoms with van der Waals surface area (Å²) in [5, 5.41) is 3.10. The second-order valence-corrected chi connectivity index (χ2v) is 6.10. The molecule has 0 aliphatic heterocycles. The molecule has 0 saturated carbocycles. The SMILES string of the molecule is CCCCNS(=O)(=O)c1cccc(C(C)NC)c1. The number of unbranched alkanes of at least 4 members (excludes halogenated alkanes) is 1. The lowest BCUT2D eigenvalue weighted by Gasteiger charge is -2.12. The summed E-state index contributed by atoms with van der Waals surface area (Å²) in [5.74, 6) is 0. The third-order valence-corrected chi connectivity index (χ3v) is 4.38. The molecule has 0 heterocycles. The van der Waals surface area contributed by atoms with Gasteiger partial charge in [0.05, 0.1) is 4.90 Å². The molecule has 1 unspecified atom stereocenters. The Morgan fingerprint density at radius 1 is 1.33 bits per heavy atom. The molecular weight excluding hydrogens is 248 g/mol. The predicted octanol–water partition coefficient (Wildman–Crippen LogP) is 2.05. The van der Waals surface area contributed by atoms with Gasteiger partial charge in [-0.1, -0.05) is 25.5 Å². The van der Waals surface area contributed by atoms with Crippen LogP contribution in [-0.4, -0.2) is 22.0 Å². The van der Waals surface area contributed by atoms with E-state index in [9.17, 15) is 8.42 Å². The minimum Gasteiger partial charge on any atom is -0.313 e. The van der Waals surface area contributed by atoms with Crippen LogP contribution in [0.3, 0.4) is 0 Å². The third kappa shape index (κ3) is 4.08. The van der Waals surface area contributed by atoms with Crippen LogP contribution in [0, 0.1) is 0 Å². The summed E-state index contributed by atoms with van der Waals surface area (Å²) in [4.78, 5) is 0.332. The molecule has 1 atom stereocenters. The van der Waals surface area contributed by atoms with Gasteiger partial charge < -0.3 is 5.32 Å². The Morgan fingerprint density at radius 2 is 2.06 bits per heavy atom. The molecule has 2 N–H and O–H groups in total. The highest BCUT2D eigenvalue weighted by atomic mass is 32.2. The number of rotatable bonds is 7. The van der Waals surface area contributed by atoms with Crippen molar-refractivity contribution < 1.29 is 8.42 Å². The molecule has 1 rings (SSSR count). The zero-order chi connectivity index (χ0) is 13.6. The maximum Gasteiger partial charge on any atom is 0.240 e. The first-order valence-electron chi connectivity index (χ1n) is 6.28. The zero-order valence-corrected chi connectivity index (χ0v) is 12.0. The van der Waals surface area contributed by atoms with E-state index in [0.717, 1.165) is 18.4 Å². The molecular formula is C13H22N2O2S. The van der Waals surface area contributed by atoms with Gasteiger partial charge in [0.25, 0.3) is 0 Å². The Labute approximate surface area is 110 Å². The highest BCUT2D eigenvalue weighted by Crippen LogP contribution is 2.17. The molecule has 4 nitrogen and oxygen atoms in total. The largest absolute Gasteiger partial charge is 0.313 e. The molecule has 1 aromatic rings. The molecule has 18 heavy (non-hydrogen) atoms. The lowest BCUT2D eigenvalue weighted by molar-refractivity contribution is 0.577. The van der Waals surface area contributed by atoms with Crippen molar-refractivity contribution >= 4 is 10.0 Å². The first-order valence-corrected chi connectivity index (χ1v) is 7.76. The first-order chi connectivity index (χ1) is 8.51. The van der Waals surface area contributed by atoms with Crippen LogP contribution in [0.15, 0.2) is 29.2 Å². The van der Waals surface area contributed by atoms with Crippen LogP contribution < -0.4 is 10.0 Å². The molecule has 1 aromatic carbocycles. The fraction of sp³-hybridized carbons (Fsp3) is 0.538. The second kappa shape index (κ2) is 6.87. The predicted molar refractivity (Wildman–Crippen MR) is 74.0 cm³/mol. The monoisotopic (exact) mass is 270 g/mol. The Bertz CT molecular complexity index is 472. The van der Waals surface area contributed by atoms with Crippen LogP contribution in [0.4, 0.5) is 0 Å². The van der Waals surface area contributed by atoms with E-state index < -0.39 is 10.0 Å². The highest BCUT2D eigenvalue weighted by molar-refractivity contribution is 7.89. The van der Waals surface area contributed by atoms with Gasteiger partial charge in [-0.25, -0.2) is 13.1 Å². The van der Waals surface area contributed by atoms with Gasteiger partial charge in [-0.05, 0) is 38.1 Å². The highest BCUT2D eigenvalue weighted by Gasteiger charge is 2.14. The molecule has 0 radical (unpaired) electrons. The summed E-state index contributed by atoms with van der Waals surface area (Å²) in [6.07, 6.45) is 1.82. The third-order valence-electron chi connectivity index (χ3n) is 2.92. The average molecular weight is 270 g/mol. The van der Waals surface area contributed by atoms with Crippen molar-refractivity contribution in [3.8, 4) is 0 Å². The molecule has 0 aliphatic carbocycles. The summed E-state index contributed by atoms with van der Waals surface area (Å²) in [6.45, 7) is 4.52. The molecule has 0 saturated heterocycles. The van der Waals surface area contributed by atoms with E-state index in [1.807, 2.05) is 27.0 Å². The molecule has 0 aromatic heterocycles. The van der Waals surface area contributed by atoms with Gasteiger partial charge in [0, 0.05) is 12.6 Å². The van der Waals surface area contributed by atoms with Crippen molar-refractivity contribution in [2.24, 2.45) is 0 Å². The van der Waals surface area contributed by atoms with Crippen molar-refractivity contribution in [2.45, 2.75) is 37.6 Å². The Kier molecular flexibility index (Phi) is 5.78. The quantitative estimate of drug-likeness (QED) is 0.746. The maximum absolute atomic E-state index is 12.0. The van der Waals surface area contributed by atoms with E-state index in [1.165, 1.54) is 0 Å². The minimum atomic E-state index is -3.37. The molecule has 5 heteroatoms. The molecule has 0 amide bonds. The van der Waals surface area contributed by atoms with Crippen molar-refractivity contribution in [3.05, 3.63) is 29.8 Å². The molecule has 0 bridgehead atoms. The second-order valence-electron chi connectivity index (χ2n) is 4.33. The van der Waals surface area contributed by atoms with Crippen LogP contribution in [0.2, 0.25) is 0 Å². The van der Waals surface area contributed by atoms with Crippen LogP contribution in [0.5, 0.6) is 0 Å². The summed E-state index contributed by atoms with van der Waals surface area (Å²) >= 11 is 0. The standard InChI is InChI=1S/C13H22N2O2S/c1-4-5-9-15-18(16,17)13-8-6-7-12(10-13)11(2)14-3/h6-8,10-11,14-15H,4-5,9H2,1-3H3. The average Bonchev–Trinajstić information content (AvgIpc) is 2.38. The van der Waals surface area contributed by atoms with E-state index in [0.29, 0.717) is 11.4 Å². The normalized spacial score (nSPS) is 13.5. The summed E-state index contributed by atoms with van der Waals surface area (Å²) in [7, 11) is -1.52.